The van der Waals surface area contributed by atoms with E-state index in [4.69, 9.17) is 4.99 Å². The molecule has 2 rings (SSSR count). The van der Waals surface area contributed by atoms with Gasteiger partial charge in [0.1, 0.15) is 0 Å². The highest BCUT2D eigenvalue weighted by atomic mass is 14.8. The van der Waals surface area contributed by atoms with Crippen LogP contribution in [0.5, 0.6) is 0 Å². The van der Waals surface area contributed by atoms with Crippen LogP contribution in [0, 0.1) is 0 Å². The molecule has 0 spiro atoms. The quantitative estimate of drug-likeness (QED) is 0.559. The van der Waals surface area contributed by atoms with Gasteiger partial charge in [-0.3, -0.25) is 9.98 Å². The number of aliphatic imine (C=N–C) groups is 2. The highest BCUT2D eigenvalue weighted by Crippen LogP contribution is 2.11. The fourth-order valence-corrected chi connectivity index (χ4v) is 2.11. The van der Waals surface area contributed by atoms with Crippen LogP contribution >= 0.6 is 0 Å². The second-order valence-corrected chi connectivity index (χ2v) is 6.23. The molecule has 0 atom stereocenters. The van der Waals surface area contributed by atoms with Crippen LogP contribution in [0.2, 0.25) is 0 Å². The summed E-state index contributed by atoms with van der Waals surface area (Å²) in [5.41, 5.74) is 3.35. The van der Waals surface area contributed by atoms with Gasteiger partial charge in [-0.1, -0.05) is 60.7 Å². The minimum Gasteiger partial charge on any atom is -0.292 e. The normalized spacial score (nSPS) is 11.6. The van der Waals surface area contributed by atoms with Crippen LogP contribution in [0.15, 0.2) is 70.6 Å². The molecule has 0 amide bonds. The van der Waals surface area contributed by atoms with Gasteiger partial charge in [0.2, 0.25) is 0 Å². The van der Waals surface area contributed by atoms with Crippen molar-refractivity contribution in [1.82, 2.24) is 0 Å². The van der Waals surface area contributed by atoms with Crippen molar-refractivity contribution in [3.05, 3.63) is 71.8 Å². The fraction of sp³-hybridized carbons (Fsp3) is 0.300. The standard InChI is InChI=1S/C20H24N2/c1-20(2,3)22-16-10-15-21-19(17-11-6-4-7-12-17)18-13-8-5-9-14-18/h4-9,11-14,16H,10,15H2,1-3H3. The van der Waals surface area contributed by atoms with Crippen molar-refractivity contribution in [2.24, 2.45) is 9.98 Å². The van der Waals surface area contributed by atoms with Crippen molar-refractivity contribution in [1.29, 1.82) is 0 Å². The van der Waals surface area contributed by atoms with Gasteiger partial charge in [0, 0.05) is 30.3 Å². The van der Waals surface area contributed by atoms with Crippen molar-refractivity contribution < 1.29 is 0 Å². The van der Waals surface area contributed by atoms with Crippen LogP contribution in [-0.2, 0) is 0 Å². The molecule has 0 unspecified atom stereocenters. The van der Waals surface area contributed by atoms with E-state index in [0.717, 1.165) is 29.8 Å². The van der Waals surface area contributed by atoms with E-state index in [0.29, 0.717) is 0 Å². The predicted octanol–water partition coefficient (Wildman–Crippen LogP) is 4.78. The van der Waals surface area contributed by atoms with E-state index in [1.807, 2.05) is 18.3 Å². The van der Waals surface area contributed by atoms with E-state index in [2.05, 4.69) is 74.3 Å². The molecule has 0 saturated heterocycles. The summed E-state index contributed by atoms with van der Waals surface area (Å²) in [4.78, 5) is 9.31. The largest absolute Gasteiger partial charge is 0.292 e. The zero-order valence-electron chi connectivity index (χ0n) is 13.7. The predicted molar refractivity (Wildman–Crippen MR) is 96.3 cm³/mol. The highest BCUT2D eigenvalue weighted by molar-refractivity contribution is 6.12. The van der Waals surface area contributed by atoms with Gasteiger partial charge in [0.05, 0.1) is 11.3 Å². The lowest BCUT2D eigenvalue weighted by molar-refractivity contribution is 0.585. The Balaban J connectivity index is 2.15. The molecule has 0 bridgehead atoms. The van der Waals surface area contributed by atoms with Crippen molar-refractivity contribution in [2.75, 3.05) is 6.54 Å². The van der Waals surface area contributed by atoms with Crippen LogP contribution in [-0.4, -0.2) is 24.0 Å². The Kier molecular flexibility index (Phi) is 5.65. The molecular weight excluding hydrogens is 268 g/mol. The maximum atomic E-state index is 4.81. The number of benzene rings is 2. The number of rotatable bonds is 5. The lowest BCUT2D eigenvalue weighted by Gasteiger charge is -2.10. The maximum absolute atomic E-state index is 4.81. The van der Waals surface area contributed by atoms with Crippen molar-refractivity contribution in [2.45, 2.75) is 32.7 Å². The van der Waals surface area contributed by atoms with E-state index in [9.17, 15) is 0 Å². The molecule has 0 aliphatic rings. The number of nitrogens with zero attached hydrogens (tertiary/aromatic N) is 2. The van der Waals surface area contributed by atoms with Crippen LogP contribution in [0.25, 0.3) is 0 Å². The van der Waals surface area contributed by atoms with Gasteiger partial charge >= 0.3 is 0 Å². The zero-order valence-corrected chi connectivity index (χ0v) is 13.7. The molecule has 2 nitrogen and oxygen atoms in total. The summed E-state index contributed by atoms with van der Waals surface area (Å²) in [6.07, 6.45) is 2.84. The van der Waals surface area contributed by atoms with Gasteiger partial charge in [0.25, 0.3) is 0 Å². The minimum atomic E-state index is -0.00853. The van der Waals surface area contributed by atoms with Gasteiger partial charge < -0.3 is 0 Å². The highest BCUT2D eigenvalue weighted by Gasteiger charge is 2.06. The maximum Gasteiger partial charge on any atom is 0.0719 e. The Bertz CT molecular complexity index is 578. The van der Waals surface area contributed by atoms with E-state index >= 15 is 0 Å². The fourth-order valence-electron chi connectivity index (χ4n) is 2.11. The molecule has 2 aromatic carbocycles. The first-order chi connectivity index (χ1) is 10.6. The molecule has 0 aromatic heterocycles. The van der Waals surface area contributed by atoms with E-state index in [-0.39, 0.29) is 5.54 Å². The van der Waals surface area contributed by atoms with E-state index in [1.54, 1.807) is 0 Å². The summed E-state index contributed by atoms with van der Waals surface area (Å²) in [6, 6.07) is 20.7. The van der Waals surface area contributed by atoms with Gasteiger partial charge in [-0.05, 0) is 20.8 Å². The van der Waals surface area contributed by atoms with E-state index < -0.39 is 0 Å². The minimum absolute atomic E-state index is 0.00853. The first-order valence-corrected chi connectivity index (χ1v) is 7.75. The Morgan fingerprint density at radius 2 is 1.36 bits per heavy atom. The molecule has 114 valence electrons. The summed E-state index contributed by atoms with van der Waals surface area (Å²) in [6.45, 7) is 7.06. The molecule has 2 heteroatoms. The van der Waals surface area contributed by atoms with Crippen LogP contribution in [0.3, 0.4) is 0 Å². The SMILES string of the molecule is CC(C)(C)N=CCCN=C(c1ccccc1)c1ccccc1. The third kappa shape index (κ3) is 5.28. The summed E-state index contributed by atoms with van der Waals surface area (Å²) >= 11 is 0. The zero-order chi connectivity index (χ0) is 15.8. The molecule has 0 saturated carbocycles. The molecule has 0 radical (unpaired) electrons. The Morgan fingerprint density at radius 3 is 1.82 bits per heavy atom. The number of hydrogen-bond donors (Lipinski definition) is 0. The average molecular weight is 292 g/mol. The Hall–Kier alpha value is -2.22. The van der Waals surface area contributed by atoms with Gasteiger partial charge in [-0.15, -0.1) is 0 Å². The molecule has 0 N–H and O–H groups in total. The summed E-state index contributed by atoms with van der Waals surface area (Å²) in [5.74, 6) is 0. The van der Waals surface area contributed by atoms with E-state index in [1.165, 1.54) is 0 Å². The van der Waals surface area contributed by atoms with Gasteiger partial charge in [-0.25, -0.2) is 0 Å². The lowest BCUT2D eigenvalue weighted by atomic mass is 10.0. The second-order valence-electron chi connectivity index (χ2n) is 6.23. The molecule has 2 aromatic rings. The molecule has 0 aliphatic heterocycles. The summed E-state index contributed by atoms with van der Waals surface area (Å²) in [5, 5.41) is 0. The van der Waals surface area contributed by atoms with Crippen LogP contribution < -0.4 is 0 Å². The van der Waals surface area contributed by atoms with Crippen molar-refractivity contribution in [3.8, 4) is 0 Å². The molecule has 0 heterocycles. The molecule has 22 heavy (non-hydrogen) atoms. The Morgan fingerprint density at radius 1 is 0.864 bits per heavy atom. The smallest absolute Gasteiger partial charge is 0.0719 e. The first kappa shape index (κ1) is 16.2. The van der Waals surface area contributed by atoms with Gasteiger partial charge in [0.15, 0.2) is 0 Å². The summed E-state index contributed by atoms with van der Waals surface area (Å²) < 4.78 is 0. The number of hydrogen-bond acceptors (Lipinski definition) is 2. The lowest BCUT2D eigenvalue weighted by Crippen LogP contribution is -2.09. The summed E-state index contributed by atoms with van der Waals surface area (Å²) in [7, 11) is 0. The first-order valence-electron chi connectivity index (χ1n) is 7.75. The third-order valence-electron chi connectivity index (χ3n) is 3.10. The second kappa shape index (κ2) is 7.69. The van der Waals surface area contributed by atoms with Crippen LogP contribution in [0.4, 0.5) is 0 Å². The van der Waals surface area contributed by atoms with Crippen LogP contribution in [0.1, 0.15) is 38.3 Å². The Labute approximate surface area is 133 Å². The van der Waals surface area contributed by atoms with Crippen molar-refractivity contribution >= 4 is 11.9 Å². The molecule has 0 aliphatic carbocycles. The average Bonchev–Trinajstić information content (AvgIpc) is 2.51. The van der Waals surface area contributed by atoms with Gasteiger partial charge in [-0.2, -0.15) is 0 Å². The monoisotopic (exact) mass is 292 g/mol. The van der Waals surface area contributed by atoms with Crippen molar-refractivity contribution in [3.63, 3.8) is 0 Å². The topological polar surface area (TPSA) is 24.7 Å². The molecular formula is C20H24N2. The molecule has 0 fully saturated rings. The third-order valence-corrected chi connectivity index (χ3v) is 3.10.